The van der Waals surface area contributed by atoms with E-state index in [1.807, 2.05) is 30.3 Å². The third-order valence-electron chi connectivity index (χ3n) is 2.49. The first-order valence-electron chi connectivity index (χ1n) is 6.44. The van der Waals surface area contributed by atoms with Gasteiger partial charge in [0.05, 0.1) is 11.4 Å². The van der Waals surface area contributed by atoms with Gasteiger partial charge in [0.1, 0.15) is 5.60 Å². The van der Waals surface area contributed by atoms with E-state index in [1.165, 1.54) is 0 Å². The Kier molecular flexibility index (Phi) is 6.20. The predicted octanol–water partition coefficient (Wildman–Crippen LogP) is 3.09. The number of hydrogen-bond acceptors (Lipinski definition) is 3. The Morgan fingerprint density at radius 2 is 1.85 bits per heavy atom. The van der Waals surface area contributed by atoms with E-state index in [4.69, 9.17) is 4.74 Å². The maximum absolute atomic E-state index is 11.9. The molecule has 0 unspecified atom stereocenters. The molecule has 110 valence electrons. The van der Waals surface area contributed by atoms with E-state index in [2.05, 4.69) is 21.2 Å². The lowest BCUT2D eigenvalue weighted by atomic mass is 10.0. The summed E-state index contributed by atoms with van der Waals surface area (Å²) in [5.41, 5.74) is 0.404. The van der Waals surface area contributed by atoms with Gasteiger partial charge in [0.25, 0.3) is 0 Å². The van der Waals surface area contributed by atoms with Crippen molar-refractivity contribution in [1.82, 2.24) is 5.32 Å². The molecule has 5 heteroatoms. The lowest BCUT2D eigenvalue weighted by Gasteiger charge is -2.23. The monoisotopic (exact) mass is 341 g/mol. The first-order chi connectivity index (χ1) is 9.31. The van der Waals surface area contributed by atoms with Crippen LogP contribution < -0.4 is 5.32 Å². The molecule has 1 rings (SSSR count). The Hall–Kier alpha value is -1.36. The van der Waals surface area contributed by atoms with Crippen molar-refractivity contribution in [3.05, 3.63) is 35.9 Å². The SMILES string of the molecule is CC(C)(C)OC(=O)N[C@@H](Cc1ccccc1)C(=O)CBr. The fourth-order valence-corrected chi connectivity index (χ4v) is 2.03. The number of carbonyl (C=O) groups excluding carboxylic acids is 2. The largest absolute Gasteiger partial charge is 0.444 e. The summed E-state index contributed by atoms with van der Waals surface area (Å²) in [6.45, 7) is 5.35. The van der Waals surface area contributed by atoms with Crippen LogP contribution in [0.3, 0.4) is 0 Å². The zero-order chi connectivity index (χ0) is 15.2. The Bertz CT molecular complexity index is 454. The summed E-state index contributed by atoms with van der Waals surface area (Å²) < 4.78 is 5.18. The van der Waals surface area contributed by atoms with Gasteiger partial charge in [0.2, 0.25) is 0 Å². The van der Waals surface area contributed by atoms with Gasteiger partial charge in [-0.15, -0.1) is 0 Å². The normalized spacial score (nSPS) is 12.6. The molecule has 1 N–H and O–H groups in total. The number of ether oxygens (including phenoxy) is 1. The van der Waals surface area contributed by atoms with E-state index < -0.39 is 17.7 Å². The molecule has 1 atom stereocenters. The van der Waals surface area contributed by atoms with Gasteiger partial charge in [-0.25, -0.2) is 4.79 Å². The first-order valence-corrected chi connectivity index (χ1v) is 7.56. The topological polar surface area (TPSA) is 55.4 Å². The highest BCUT2D eigenvalue weighted by Gasteiger charge is 2.23. The molecule has 1 aromatic carbocycles. The van der Waals surface area contributed by atoms with Crippen molar-refractivity contribution in [2.24, 2.45) is 0 Å². The molecule has 0 bridgehead atoms. The lowest BCUT2D eigenvalue weighted by molar-refractivity contribution is -0.118. The highest BCUT2D eigenvalue weighted by atomic mass is 79.9. The highest BCUT2D eigenvalue weighted by molar-refractivity contribution is 9.09. The predicted molar refractivity (Wildman–Crippen MR) is 82.1 cm³/mol. The van der Waals surface area contributed by atoms with Crippen LogP contribution in [0.4, 0.5) is 4.79 Å². The van der Waals surface area contributed by atoms with Crippen LogP contribution in [0.1, 0.15) is 26.3 Å². The van der Waals surface area contributed by atoms with Gasteiger partial charge in [-0.05, 0) is 32.8 Å². The number of benzene rings is 1. The summed E-state index contributed by atoms with van der Waals surface area (Å²) >= 11 is 3.14. The summed E-state index contributed by atoms with van der Waals surface area (Å²) in [6.07, 6.45) is -0.127. The molecule has 0 saturated heterocycles. The summed E-state index contributed by atoms with van der Waals surface area (Å²) in [4.78, 5) is 23.7. The molecule has 0 saturated carbocycles. The molecule has 0 aliphatic heterocycles. The van der Waals surface area contributed by atoms with E-state index in [1.54, 1.807) is 20.8 Å². The van der Waals surface area contributed by atoms with Crippen LogP contribution in [0.5, 0.6) is 0 Å². The van der Waals surface area contributed by atoms with Gasteiger partial charge in [-0.1, -0.05) is 46.3 Å². The summed E-state index contributed by atoms with van der Waals surface area (Å²) in [6, 6.07) is 8.96. The standard InChI is InChI=1S/C15H20BrNO3/c1-15(2,3)20-14(19)17-12(13(18)10-16)9-11-7-5-4-6-8-11/h4-8,12H,9-10H2,1-3H3,(H,17,19)/t12-/m0/s1. The van der Waals surface area contributed by atoms with Gasteiger partial charge in [-0.3, -0.25) is 4.79 Å². The maximum atomic E-state index is 11.9. The van der Waals surface area contributed by atoms with Crippen molar-refractivity contribution >= 4 is 27.8 Å². The zero-order valence-electron chi connectivity index (χ0n) is 12.0. The summed E-state index contributed by atoms with van der Waals surface area (Å²) in [5.74, 6) is -0.0836. The van der Waals surface area contributed by atoms with E-state index in [0.29, 0.717) is 6.42 Å². The van der Waals surface area contributed by atoms with Gasteiger partial charge in [0, 0.05) is 0 Å². The number of carbonyl (C=O) groups is 2. The smallest absolute Gasteiger partial charge is 0.408 e. The van der Waals surface area contributed by atoms with Crippen molar-refractivity contribution in [2.45, 2.75) is 38.8 Å². The Balaban J connectivity index is 2.70. The summed E-state index contributed by atoms with van der Waals surface area (Å²) in [7, 11) is 0. The fourth-order valence-electron chi connectivity index (χ4n) is 1.64. The fraction of sp³-hybridized carbons (Fsp3) is 0.467. The van der Waals surface area contributed by atoms with Crippen LogP contribution in [0.25, 0.3) is 0 Å². The number of ketones is 1. The number of rotatable bonds is 5. The van der Waals surface area contributed by atoms with E-state index in [0.717, 1.165) is 5.56 Å². The molecule has 0 aliphatic carbocycles. The van der Waals surface area contributed by atoms with E-state index in [-0.39, 0.29) is 11.1 Å². The molecule has 0 fully saturated rings. The van der Waals surface area contributed by atoms with Crippen LogP contribution in [-0.2, 0) is 16.0 Å². The second-order valence-electron chi connectivity index (χ2n) is 5.49. The molecule has 1 amide bonds. The maximum Gasteiger partial charge on any atom is 0.408 e. The van der Waals surface area contributed by atoms with Crippen molar-refractivity contribution in [2.75, 3.05) is 5.33 Å². The van der Waals surface area contributed by atoms with Gasteiger partial charge in [0.15, 0.2) is 5.78 Å². The third kappa shape index (κ3) is 6.19. The number of alkyl carbamates (subject to hydrolysis) is 1. The van der Waals surface area contributed by atoms with Crippen LogP contribution >= 0.6 is 15.9 Å². The number of hydrogen-bond donors (Lipinski definition) is 1. The summed E-state index contributed by atoms with van der Waals surface area (Å²) in [5, 5.41) is 2.83. The van der Waals surface area contributed by atoms with Crippen LogP contribution in [-0.4, -0.2) is 28.8 Å². The number of nitrogens with one attached hydrogen (secondary N) is 1. The second-order valence-corrected chi connectivity index (χ2v) is 6.05. The lowest BCUT2D eigenvalue weighted by Crippen LogP contribution is -2.45. The molecular formula is C15H20BrNO3. The minimum atomic E-state index is -0.591. The quantitative estimate of drug-likeness (QED) is 0.837. The number of amides is 1. The van der Waals surface area contributed by atoms with Crippen LogP contribution in [0.2, 0.25) is 0 Å². The van der Waals surface area contributed by atoms with Gasteiger partial charge in [-0.2, -0.15) is 0 Å². The Morgan fingerprint density at radius 3 is 2.35 bits per heavy atom. The molecule has 0 radical (unpaired) electrons. The first kappa shape index (κ1) is 16.7. The van der Waals surface area contributed by atoms with Crippen molar-refractivity contribution in [1.29, 1.82) is 0 Å². The second kappa shape index (κ2) is 7.43. The number of halogens is 1. The minimum absolute atomic E-state index is 0.0836. The Morgan fingerprint density at radius 1 is 1.25 bits per heavy atom. The molecule has 1 aromatic rings. The molecule has 0 aromatic heterocycles. The molecule has 20 heavy (non-hydrogen) atoms. The Labute approximate surface area is 128 Å². The number of Topliss-reactive ketones (excluding diaryl/α,β-unsaturated/α-hetero) is 1. The number of alkyl halides is 1. The van der Waals surface area contributed by atoms with Crippen LogP contribution in [0, 0.1) is 0 Å². The third-order valence-corrected chi connectivity index (χ3v) is 3.05. The average molecular weight is 342 g/mol. The van der Waals surface area contributed by atoms with Crippen LogP contribution in [0.15, 0.2) is 30.3 Å². The van der Waals surface area contributed by atoms with Crippen molar-refractivity contribution in [3.63, 3.8) is 0 Å². The molecule has 0 spiro atoms. The molecule has 0 aliphatic rings. The molecule has 4 nitrogen and oxygen atoms in total. The zero-order valence-corrected chi connectivity index (χ0v) is 13.6. The van der Waals surface area contributed by atoms with Gasteiger partial charge >= 0.3 is 6.09 Å². The highest BCUT2D eigenvalue weighted by Crippen LogP contribution is 2.09. The van der Waals surface area contributed by atoms with Crippen molar-refractivity contribution < 1.29 is 14.3 Å². The van der Waals surface area contributed by atoms with Gasteiger partial charge < -0.3 is 10.1 Å². The van der Waals surface area contributed by atoms with E-state index >= 15 is 0 Å². The molecular weight excluding hydrogens is 322 g/mol. The molecule has 0 heterocycles. The average Bonchev–Trinajstić information content (AvgIpc) is 2.36. The van der Waals surface area contributed by atoms with Crippen molar-refractivity contribution in [3.8, 4) is 0 Å². The van der Waals surface area contributed by atoms with E-state index in [9.17, 15) is 9.59 Å². The minimum Gasteiger partial charge on any atom is -0.444 e.